The Labute approximate surface area is 126 Å². The number of nitrogens with one attached hydrogen (secondary N) is 1. The molecule has 3 atom stereocenters. The van der Waals surface area contributed by atoms with Crippen LogP contribution in [0.1, 0.15) is 51.2 Å². The Morgan fingerprint density at radius 1 is 1.20 bits per heavy atom. The fraction of sp³-hybridized carbons (Fsp3) is 0.647. The summed E-state index contributed by atoms with van der Waals surface area (Å²) >= 11 is 0. The maximum absolute atomic E-state index is 13.0. The summed E-state index contributed by atoms with van der Waals surface area (Å²) in [7, 11) is -0.939. The van der Waals surface area contributed by atoms with Crippen molar-refractivity contribution in [3.05, 3.63) is 29.3 Å². The Morgan fingerprint density at radius 3 is 2.45 bits per heavy atom. The molecule has 0 heterocycles. The number of hydrogen-bond acceptors (Lipinski definition) is 2. The van der Waals surface area contributed by atoms with E-state index in [-0.39, 0.29) is 5.25 Å². The second kappa shape index (κ2) is 8.58. The van der Waals surface area contributed by atoms with Crippen LogP contribution in [-0.4, -0.2) is 22.0 Å². The van der Waals surface area contributed by atoms with Crippen LogP contribution in [0.5, 0.6) is 0 Å². The van der Waals surface area contributed by atoms with E-state index in [0.29, 0.717) is 6.04 Å². The van der Waals surface area contributed by atoms with Crippen molar-refractivity contribution in [1.82, 2.24) is 5.32 Å². The summed E-state index contributed by atoms with van der Waals surface area (Å²) in [5.41, 5.74) is 2.32. The number of hydrogen-bond donors (Lipinski definition) is 1. The predicted molar refractivity (Wildman–Crippen MR) is 88.8 cm³/mol. The highest BCUT2D eigenvalue weighted by Crippen LogP contribution is 2.23. The van der Waals surface area contributed by atoms with Gasteiger partial charge in [-0.3, -0.25) is 4.21 Å². The molecule has 0 fully saturated rings. The second-order valence-corrected chi connectivity index (χ2v) is 7.11. The van der Waals surface area contributed by atoms with Gasteiger partial charge in [-0.1, -0.05) is 39.3 Å². The van der Waals surface area contributed by atoms with Gasteiger partial charge in [-0.05, 0) is 50.4 Å². The summed E-state index contributed by atoms with van der Waals surface area (Å²) in [6.45, 7) is 11.5. The van der Waals surface area contributed by atoms with Crippen LogP contribution in [0.15, 0.2) is 23.1 Å². The maximum Gasteiger partial charge on any atom is 0.0579 e. The van der Waals surface area contributed by atoms with E-state index in [9.17, 15) is 4.21 Å². The third kappa shape index (κ3) is 4.42. The molecule has 3 heteroatoms. The van der Waals surface area contributed by atoms with Crippen LogP contribution in [0.2, 0.25) is 0 Å². The van der Waals surface area contributed by atoms with Crippen LogP contribution in [0.4, 0.5) is 0 Å². The molecule has 0 aromatic heterocycles. The van der Waals surface area contributed by atoms with Gasteiger partial charge in [0.25, 0.3) is 0 Å². The first-order valence-corrected chi connectivity index (χ1v) is 8.97. The van der Waals surface area contributed by atoms with E-state index in [4.69, 9.17) is 0 Å². The van der Waals surface area contributed by atoms with Crippen LogP contribution in [0.3, 0.4) is 0 Å². The highest BCUT2D eigenvalue weighted by molar-refractivity contribution is 7.85. The molecule has 1 aromatic rings. The average molecular weight is 295 g/mol. The molecule has 0 radical (unpaired) electrons. The summed E-state index contributed by atoms with van der Waals surface area (Å²) in [4.78, 5) is 1.01. The number of benzene rings is 1. The molecule has 1 rings (SSSR count). The summed E-state index contributed by atoms with van der Waals surface area (Å²) in [5.74, 6) is 0. The van der Waals surface area contributed by atoms with Crippen LogP contribution < -0.4 is 5.32 Å². The second-order valence-electron chi connectivity index (χ2n) is 5.47. The van der Waals surface area contributed by atoms with Gasteiger partial charge in [0, 0.05) is 10.9 Å². The smallest absolute Gasteiger partial charge is 0.0579 e. The quantitative estimate of drug-likeness (QED) is 0.786. The zero-order valence-electron chi connectivity index (χ0n) is 13.5. The van der Waals surface area contributed by atoms with Crippen molar-refractivity contribution < 1.29 is 4.21 Å². The van der Waals surface area contributed by atoms with Gasteiger partial charge in [0.15, 0.2) is 0 Å². The molecule has 114 valence electrons. The number of rotatable bonds is 8. The molecular formula is C17H29NOS. The van der Waals surface area contributed by atoms with Gasteiger partial charge in [0.1, 0.15) is 0 Å². The molecule has 0 aliphatic heterocycles. The fourth-order valence-electron chi connectivity index (χ4n) is 2.66. The van der Waals surface area contributed by atoms with Gasteiger partial charge in [-0.2, -0.15) is 0 Å². The topological polar surface area (TPSA) is 29.1 Å². The Morgan fingerprint density at radius 2 is 1.90 bits per heavy atom. The molecule has 20 heavy (non-hydrogen) atoms. The SMILES string of the molecule is CCCC(NCC)C(CC)S(=O)c1cc(C)ccc1C. The largest absolute Gasteiger partial charge is 0.313 e. The third-order valence-electron chi connectivity index (χ3n) is 3.75. The summed E-state index contributed by atoms with van der Waals surface area (Å²) in [6.07, 6.45) is 3.15. The Bertz CT molecular complexity index is 439. The first-order valence-electron chi connectivity index (χ1n) is 7.76. The van der Waals surface area contributed by atoms with Crippen LogP contribution in [0.25, 0.3) is 0 Å². The van der Waals surface area contributed by atoms with Crippen molar-refractivity contribution in [2.45, 2.75) is 70.1 Å². The zero-order valence-corrected chi connectivity index (χ0v) is 14.3. The molecule has 3 unspecified atom stereocenters. The predicted octanol–water partition coefficient (Wildman–Crippen LogP) is 3.97. The lowest BCUT2D eigenvalue weighted by atomic mass is 10.1. The van der Waals surface area contributed by atoms with E-state index in [1.165, 1.54) is 5.56 Å². The van der Waals surface area contributed by atoms with E-state index < -0.39 is 10.8 Å². The minimum atomic E-state index is -0.939. The van der Waals surface area contributed by atoms with Crippen molar-refractivity contribution in [3.63, 3.8) is 0 Å². The van der Waals surface area contributed by atoms with Crippen molar-refractivity contribution >= 4 is 10.8 Å². The molecule has 0 bridgehead atoms. The van der Waals surface area contributed by atoms with E-state index in [0.717, 1.165) is 36.3 Å². The molecule has 0 aliphatic carbocycles. The molecule has 1 N–H and O–H groups in total. The third-order valence-corrected chi connectivity index (χ3v) is 5.84. The monoisotopic (exact) mass is 295 g/mol. The van der Waals surface area contributed by atoms with Crippen molar-refractivity contribution in [3.8, 4) is 0 Å². The average Bonchev–Trinajstić information content (AvgIpc) is 2.42. The standard InChI is InChI=1S/C17H29NOS/c1-6-9-15(18-8-3)16(7-2)20(19)17-12-13(4)10-11-14(17)5/h10-12,15-16,18H,6-9H2,1-5H3. The molecule has 0 aliphatic rings. The highest BCUT2D eigenvalue weighted by atomic mass is 32.2. The van der Waals surface area contributed by atoms with Crippen LogP contribution in [-0.2, 0) is 10.8 Å². The lowest BCUT2D eigenvalue weighted by Crippen LogP contribution is -2.42. The Kier molecular flexibility index (Phi) is 7.46. The van der Waals surface area contributed by atoms with Gasteiger partial charge in [0.2, 0.25) is 0 Å². The Hall–Kier alpha value is -0.670. The van der Waals surface area contributed by atoms with Crippen molar-refractivity contribution in [1.29, 1.82) is 0 Å². The van der Waals surface area contributed by atoms with Crippen LogP contribution in [0, 0.1) is 13.8 Å². The van der Waals surface area contributed by atoms with E-state index in [1.54, 1.807) is 0 Å². The van der Waals surface area contributed by atoms with Gasteiger partial charge in [-0.15, -0.1) is 0 Å². The first-order chi connectivity index (χ1) is 9.54. The minimum absolute atomic E-state index is 0.190. The van der Waals surface area contributed by atoms with Gasteiger partial charge >= 0.3 is 0 Å². The lowest BCUT2D eigenvalue weighted by molar-refractivity contribution is 0.458. The first kappa shape index (κ1) is 17.4. The summed E-state index contributed by atoms with van der Waals surface area (Å²) in [6, 6.07) is 6.60. The molecule has 1 aromatic carbocycles. The highest BCUT2D eigenvalue weighted by Gasteiger charge is 2.26. The van der Waals surface area contributed by atoms with Gasteiger partial charge < -0.3 is 5.32 Å². The maximum atomic E-state index is 13.0. The molecule has 0 spiro atoms. The lowest BCUT2D eigenvalue weighted by Gasteiger charge is -2.27. The van der Waals surface area contributed by atoms with Crippen molar-refractivity contribution in [2.24, 2.45) is 0 Å². The van der Waals surface area contributed by atoms with E-state index in [2.05, 4.69) is 58.1 Å². The summed E-state index contributed by atoms with van der Waals surface area (Å²) < 4.78 is 13.0. The van der Waals surface area contributed by atoms with Gasteiger partial charge in [0.05, 0.1) is 16.0 Å². The molecule has 0 amide bonds. The van der Waals surface area contributed by atoms with Crippen LogP contribution >= 0.6 is 0 Å². The van der Waals surface area contributed by atoms with Gasteiger partial charge in [-0.25, -0.2) is 0 Å². The molecular weight excluding hydrogens is 266 g/mol. The fourth-order valence-corrected chi connectivity index (χ4v) is 4.51. The van der Waals surface area contributed by atoms with E-state index in [1.807, 2.05) is 0 Å². The zero-order chi connectivity index (χ0) is 15.1. The van der Waals surface area contributed by atoms with E-state index >= 15 is 0 Å². The Balaban J connectivity index is 3.03. The molecule has 0 saturated carbocycles. The molecule has 0 saturated heterocycles. The normalized spacial score (nSPS) is 15.8. The molecule has 2 nitrogen and oxygen atoms in total. The van der Waals surface area contributed by atoms with Crippen molar-refractivity contribution in [2.75, 3.05) is 6.54 Å². The summed E-state index contributed by atoms with van der Waals surface area (Å²) in [5, 5.41) is 3.72. The minimum Gasteiger partial charge on any atom is -0.313 e. The number of aryl methyl sites for hydroxylation is 2.